The van der Waals surface area contributed by atoms with E-state index in [1.165, 1.54) is 16.8 Å². The lowest BCUT2D eigenvalue weighted by atomic mass is 10.1. The first kappa shape index (κ1) is 24.6. The summed E-state index contributed by atoms with van der Waals surface area (Å²) >= 11 is 0. The van der Waals surface area contributed by atoms with E-state index in [-0.39, 0.29) is 5.91 Å². The minimum Gasteiger partial charge on any atom is -0.369 e. The Morgan fingerprint density at radius 1 is 0.811 bits per heavy atom. The summed E-state index contributed by atoms with van der Waals surface area (Å²) in [4.78, 5) is 19.0. The lowest BCUT2D eigenvalue weighted by Crippen LogP contribution is -2.46. The molecule has 8 heteroatoms. The number of carbonyl (C=O) groups excluding carboxylic acids is 1. The lowest BCUT2D eigenvalue weighted by Gasteiger charge is -2.36. The molecule has 0 spiro atoms. The molecule has 1 aromatic heterocycles. The van der Waals surface area contributed by atoms with E-state index in [9.17, 15) is 4.79 Å². The molecule has 0 saturated carbocycles. The van der Waals surface area contributed by atoms with Crippen LogP contribution in [0.1, 0.15) is 24.0 Å². The fourth-order valence-corrected chi connectivity index (χ4v) is 4.63. The molecule has 1 aliphatic rings. The zero-order valence-corrected chi connectivity index (χ0v) is 21.0. The largest absolute Gasteiger partial charge is 0.369 e. The Morgan fingerprint density at radius 3 is 2.24 bits per heavy atom. The van der Waals surface area contributed by atoms with Crippen LogP contribution in [0, 0.1) is 0 Å². The van der Waals surface area contributed by atoms with Crippen molar-refractivity contribution in [1.82, 2.24) is 30.4 Å². The van der Waals surface area contributed by atoms with Gasteiger partial charge in [0.05, 0.1) is 6.54 Å². The number of piperazine rings is 1. The van der Waals surface area contributed by atoms with E-state index < -0.39 is 0 Å². The van der Waals surface area contributed by atoms with Crippen molar-refractivity contribution in [3.05, 3.63) is 96.1 Å². The summed E-state index contributed by atoms with van der Waals surface area (Å²) in [6.07, 6.45) is 1.08. The molecule has 0 aliphatic carbocycles. The number of para-hydroxylation sites is 1. The van der Waals surface area contributed by atoms with E-state index in [0.717, 1.165) is 38.3 Å². The van der Waals surface area contributed by atoms with Crippen molar-refractivity contribution in [2.24, 2.45) is 0 Å². The van der Waals surface area contributed by atoms with Crippen molar-refractivity contribution in [2.75, 3.05) is 31.1 Å². The van der Waals surface area contributed by atoms with Gasteiger partial charge in [-0.25, -0.2) is 0 Å². The number of amides is 1. The minimum absolute atomic E-state index is 0.0367. The number of nitrogens with zero attached hydrogens (tertiary/aromatic N) is 6. The number of aromatic nitrogens is 4. The summed E-state index contributed by atoms with van der Waals surface area (Å²) in [5.41, 5.74) is 4.67. The predicted molar refractivity (Wildman–Crippen MR) is 145 cm³/mol. The Hall–Kier alpha value is -4.04. The monoisotopic (exact) mass is 495 g/mol. The normalized spacial score (nSPS) is 14.0. The van der Waals surface area contributed by atoms with Gasteiger partial charge in [0.15, 0.2) is 0 Å². The molecule has 4 aromatic rings. The first-order valence-electron chi connectivity index (χ1n) is 12.9. The number of anilines is 1. The highest BCUT2D eigenvalue weighted by Crippen LogP contribution is 2.18. The second-order valence-corrected chi connectivity index (χ2v) is 9.32. The third-order valence-electron chi connectivity index (χ3n) is 6.73. The number of tetrazole rings is 1. The van der Waals surface area contributed by atoms with E-state index in [4.69, 9.17) is 0 Å². The highest BCUT2D eigenvalue weighted by Gasteiger charge is 2.18. The topological polar surface area (TPSA) is 79.2 Å². The van der Waals surface area contributed by atoms with Gasteiger partial charge in [-0.2, -0.15) is 4.80 Å². The van der Waals surface area contributed by atoms with Crippen LogP contribution in [0.2, 0.25) is 0 Å². The Labute approximate surface area is 217 Å². The maximum Gasteiger partial charge on any atom is 0.220 e. The Morgan fingerprint density at radius 2 is 1.49 bits per heavy atom. The van der Waals surface area contributed by atoms with E-state index >= 15 is 0 Å². The first-order valence-corrected chi connectivity index (χ1v) is 12.9. The second-order valence-electron chi connectivity index (χ2n) is 9.32. The van der Waals surface area contributed by atoms with Gasteiger partial charge in [0.2, 0.25) is 11.7 Å². The first-order chi connectivity index (χ1) is 18.2. The molecule has 1 N–H and O–H groups in total. The highest BCUT2D eigenvalue weighted by molar-refractivity contribution is 5.75. The van der Waals surface area contributed by atoms with Crippen molar-refractivity contribution >= 4 is 11.6 Å². The zero-order valence-electron chi connectivity index (χ0n) is 21.0. The number of carbonyl (C=O) groups is 1. The van der Waals surface area contributed by atoms with Crippen LogP contribution < -0.4 is 10.2 Å². The number of nitrogens with one attached hydrogen (secondary N) is 1. The fraction of sp³-hybridized carbons (Fsp3) is 0.310. The molecule has 3 aromatic carbocycles. The summed E-state index contributed by atoms with van der Waals surface area (Å²) in [5.74, 6) is 0.637. The van der Waals surface area contributed by atoms with E-state index in [2.05, 4.69) is 79.1 Å². The molecule has 1 amide bonds. The molecule has 8 nitrogen and oxygen atoms in total. The predicted octanol–water partition coefficient (Wildman–Crippen LogP) is 3.76. The van der Waals surface area contributed by atoms with Crippen LogP contribution >= 0.6 is 0 Å². The van der Waals surface area contributed by atoms with Crippen LogP contribution in [0.3, 0.4) is 0 Å². The number of rotatable bonds is 10. The lowest BCUT2D eigenvalue weighted by molar-refractivity contribution is -0.121. The summed E-state index contributed by atoms with van der Waals surface area (Å²) in [7, 11) is 0. The van der Waals surface area contributed by atoms with Gasteiger partial charge in [-0.05, 0) is 34.9 Å². The molecule has 0 bridgehead atoms. The van der Waals surface area contributed by atoms with Crippen LogP contribution in [-0.4, -0.2) is 57.2 Å². The van der Waals surface area contributed by atoms with Crippen LogP contribution in [0.15, 0.2) is 84.9 Å². The Balaban J connectivity index is 1.06. The van der Waals surface area contributed by atoms with E-state index in [1.54, 1.807) is 4.80 Å². The summed E-state index contributed by atoms with van der Waals surface area (Å²) in [6.45, 7) is 6.09. The second kappa shape index (κ2) is 12.3. The number of aryl methyl sites for hydroxylation is 1. The van der Waals surface area contributed by atoms with Crippen molar-refractivity contribution in [1.29, 1.82) is 0 Å². The zero-order chi connectivity index (χ0) is 25.3. The molecule has 37 heavy (non-hydrogen) atoms. The van der Waals surface area contributed by atoms with Crippen molar-refractivity contribution in [3.63, 3.8) is 0 Å². The molecular formula is C29H33N7O. The molecule has 1 saturated heterocycles. The van der Waals surface area contributed by atoms with Gasteiger partial charge in [0, 0.05) is 56.9 Å². The molecule has 0 radical (unpaired) electrons. The minimum atomic E-state index is 0.0367. The molecule has 0 unspecified atom stereocenters. The van der Waals surface area contributed by atoms with Crippen molar-refractivity contribution < 1.29 is 4.79 Å². The SMILES string of the molecule is O=C(CCCn1nnc(-c2ccccc2)n1)NCc1ccccc1CN1CCN(c2ccccc2)CC1. The van der Waals surface area contributed by atoms with Crippen LogP contribution in [0.5, 0.6) is 0 Å². The number of hydrogen-bond acceptors (Lipinski definition) is 6. The molecule has 190 valence electrons. The number of benzene rings is 3. The summed E-state index contributed by atoms with van der Waals surface area (Å²) in [5, 5.41) is 15.7. The van der Waals surface area contributed by atoms with Gasteiger partial charge < -0.3 is 10.2 Å². The van der Waals surface area contributed by atoms with Gasteiger partial charge in [-0.1, -0.05) is 72.8 Å². The molecule has 1 aliphatic heterocycles. The van der Waals surface area contributed by atoms with Crippen LogP contribution in [0.4, 0.5) is 5.69 Å². The molecular weight excluding hydrogens is 462 g/mol. The van der Waals surface area contributed by atoms with Gasteiger partial charge in [-0.3, -0.25) is 9.69 Å². The Kier molecular flexibility index (Phi) is 8.18. The Bertz CT molecular complexity index is 1270. The van der Waals surface area contributed by atoms with Gasteiger partial charge >= 0.3 is 0 Å². The molecule has 2 heterocycles. The van der Waals surface area contributed by atoms with Gasteiger partial charge in [0.25, 0.3) is 0 Å². The third-order valence-corrected chi connectivity index (χ3v) is 6.73. The van der Waals surface area contributed by atoms with E-state index in [1.807, 2.05) is 36.4 Å². The summed E-state index contributed by atoms with van der Waals surface area (Å²) < 4.78 is 0. The fourth-order valence-electron chi connectivity index (χ4n) is 4.63. The van der Waals surface area contributed by atoms with Crippen molar-refractivity contribution in [2.45, 2.75) is 32.5 Å². The highest BCUT2D eigenvalue weighted by atomic mass is 16.1. The smallest absolute Gasteiger partial charge is 0.220 e. The maximum absolute atomic E-state index is 12.5. The molecule has 0 atom stereocenters. The number of hydrogen-bond donors (Lipinski definition) is 1. The van der Waals surface area contributed by atoms with E-state index in [0.29, 0.717) is 31.8 Å². The quantitative estimate of drug-likeness (QED) is 0.361. The van der Waals surface area contributed by atoms with Gasteiger partial charge in [-0.15, -0.1) is 10.2 Å². The molecule has 1 fully saturated rings. The average molecular weight is 496 g/mol. The maximum atomic E-state index is 12.5. The average Bonchev–Trinajstić information content (AvgIpc) is 3.43. The van der Waals surface area contributed by atoms with Crippen molar-refractivity contribution in [3.8, 4) is 11.4 Å². The van der Waals surface area contributed by atoms with Crippen LogP contribution in [0.25, 0.3) is 11.4 Å². The third kappa shape index (κ3) is 6.80. The summed E-state index contributed by atoms with van der Waals surface area (Å²) in [6, 6.07) is 28.8. The van der Waals surface area contributed by atoms with Crippen LogP contribution in [-0.2, 0) is 24.4 Å². The molecule has 5 rings (SSSR count). The van der Waals surface area contributed by atoms with Gasteiger partial charge in [0.1, 0.15) is 0 Å². The standard InChI is InChI=1S/C29H33N7O/c37-28(16-9-17-36-32-29(31-33-36)24-10-3-1-4-11-24)30-22-25-12-7-8-13-26(25)23-34-18-20-35(21-19-34)27-14-5-2-6-15-27/h1-8,10-15H,9,16-23H2,(H,30,37).